The molecule has 2 saturated carbocycles. The van der Waals surface area contributed by atoms with Gasteiger partial charge < -0.3 is 9.84 Å². The van der Waals surface area contributed by atoms with E-state index in [9.17, 15) is 24.3 Å². The number of halogens is 3. The monoisotopic (exact) mass is 638 g/mol. The van der Waals surface area contributed by atoms with Crippen LogP contribution in [0.15, 0.2) is 29.8 Å². The number of phenols is 1. The lowest BCUT2D eigenvalue weighted by Crippen LogP contribution is -2.60. The van der Waals surface area contributed by atoms with Crippen molar-refractivity contribution in [1.82, 2.24) is 9.80 Å². The highest BCUT2D eigenvalue weighted by molar-refractivity contribution is 9.09. The molecule has 0 bridgehead atoms. The van der Waals surface area contributed by atoms with Gasteiger partial charge in [-0.05, 0) is 49.3 Å². The molecule has 6 unspecified atom stereocenters. The molecule has 0 radical (unpaired) electrons. The summed E-state index contributed by atoms with van der Waals surface area (Å²) in [7, 11) is 1.41. The van der Waals surface area contributed by atoms with Gasteiger partial charge in [0.15, 0.2) is 21.2 Å². The Morgan fingerprint density at radius 1 is 1.05 bits per heavy atom. The van der Waals surface area contributed by atoms with Crippen molar-refractivity contribution < 1.29 is 29.0 Å². The second kappa shape index (κ2) is 9.48. The van der Waals surface area contributed by atoms with Crippen LogP contribution in [0.5, 0.6) is 11.5 Å². The Hall–Kier alpha value is -2.10. The smallest absolute Gasteiger partial charge is 0.254 e. The highest BCUT2D eigenvalue weighted by Gasteiger charge is 2.76. The molecule has 2 saturated heterocycles. The van der Waals surface area contributed by atoms with Crippen LogP contribution in [0.2, 0.25) is 0 Å². The van der Waals surface area contributed by atoms with E-state index >= 15 is 0 Å². The fraction of sp³-hybridized carbons (Fsp3) is 0.571. The van der Waals surface area contributed by atoms with Gasteiger partial charge in [-0.2, -0.15) is 0 Å². The van der Waals surface area contributed by atoms with Gasteiger partial charge in [-0.3, -0.25) is 29.0 Å². The van der Waals surface area contributed by atoms with Crippen molar-refractivity contribution in [2.45, 2.75) is 66.7 Å². The number of rotatable bonds is 4. The number of fused-ring (bicyclic) bond motifs is 4. The van der Waals surface area contributed by atoms with Gasteiger partial charge in [0.25, 0.3) is 11.8 Å². The molecule has 4 amide bonds. The number of nitrogens with zero attached hydrogens (tertiary/aromatic N) is 2. The van der Waals surface area contributed by atoms with E-state index in [0.717, 1.165) is 42.6 Å². The summed E-state index contributed by atoms with van der Waals surface area (Å²) in [4.78, 5) is 53.9. The van der Waals surface area contributed by atoms with Crippen LogP contribution in [0.4, 0.5) is 0 Å². The second-order valence-electron chi connectivity index (χ2n) is 11.3. The molecular weight excluding hydrogens is 611 g/mol. The zero-order valence-electron chi connectivity index (χ0n) is 21.4. The van der Waals surface area contributed by atoms with E-state index in [0.29, 0.717) is 12.0 Å². The number of ether oxygens (including phenoxy) is 1. The highest BCUT2D eigenvalue weighted by Crippen LogP contribution is 2.65. The van der Waals surface area contributed by atoms with Gasteiger partial charge in [-0.1, -0.05) is 52.9 Å². The first-order valence-corrected chi connectivity index (χ1v) is 15.2. The SMILES string of the molecule is COc1cc(C2C3=CCC4C(=O)N(C5CCCCC5)C(=O)C4C3CC3(Cl)C(=O)N(CBr)C(=O)C23Cl)ccc1O. The average molecular weight is 640 g/mol. The minimum atomic E-state index is -1.88. The van der Waals surface area contributed by atoms with Gasteiger partial charge in [0.05, 0.1) is 24.4 Å². The predicted octanol–water partition coefficient (Wildman–Crippen LogP) is 4.44. The molecule has 1 aromatic carbocycles. The van der Waals surface area contributed by atoms with Gasteiger partial charge in [0, 0.05) is 12.0 Å². The molecule has 6 atom stereocenters. The van der Waals surface area contributed by atoms with Crippen LogP contribution < -0.4 is 4.74 Å². The van der Waals surface area contributed by atoms with E-state index in [2.05, 4.69) is 15.9 Å². The van der Waals surface area contributed by atoms with E-state index in [-0.39, 0.29) is 41.2 Å². The lowest BCUT2D eigenvalue weighted by atomic mass is 9.56. The van der Waals surface area contributed by atoms with E-state index in [1.54, 1.807) is 12.1 Å². The number of aromatic hydroxyl groups is 1. The Morgan fingerprint density at radius 2 is 1.77 bits per heavy atom. The third-order valence-corrected chi connectivity index (χ3v) is 11.4. The van der Waals surface area contributed by atoms with Gasteiger partial charge in [-0.25, -0.2) is 0 Å². The number of hydrogen-bond acceptors (Lipinski definition) is 6. The molecule has 2 heterocycles. The highest BCUT2D eigenvalue weighted by atomic mass is 79.9. The van der Waals surface area contributed by atoms with Crippen LogP contribution >= 0.6 is 39.1 Å². The summed E-state index contributed by atoms with van der Waals surface area (Å²) >= 11 is 17.7. The summed E-state index contributed by atoms with van der Waals surface area (Å²) in [5.41, 5.74) is 1.17. The maximum Gasteiger partial charge on any atom is 0.254 e. The van der Waals surface area contributed by atoms with Crippen molar-refractivity contribution in [1.29, 1.82) is 0 Å². The minimum absolute atomic E-state index is 0.0393. The Morgan fingerprint density at radius 3 is 2.44 bits per heavy atom. The van der Waals surface area contributed by atoms with Gasteiger partial charge >= 0.3 is 0 Å². The number of carbonyl (C=O) groups is 4. The summed E-state index contributed by atoms with van der Waals surface area (Å²) in [6, 6.07) is 4.55. The van der Waals surface area contributed by atoms with Crippen LogP contribution in [0.1, 0.15) is 56.4 Å². The van der Waals surface area contributed by atoms with Crippen LogP contribution in [0, 0.1) is 17.8 Å². The van der Waals surface area contributed by atoms with E-state index in [1.807, 2.05) is 6.08 Å². The molecule has 4 fully saturated rings. The molecule has 11 heteroatoms. The van der Waals surface area contributed by atoms with Gasteiger partial charge in [0.2, 0.25) is 11.8 Å². The third-order valence-electron chi connectivity index (χ3n) is 9.53. The maximum absolute atomic E-state index is 14.0. The first kappa shape index (κ1) is 27.1. The number of phenolic OH excluding ortho intramolecular Hbond substituents is 1. The van der Waals surface area contributed by atoms with E-state index < -0.39 is 45.2 Å². The normalized spacial score (nSPS) is 36.6. The van der Waals surface area contributed by atoms with Crippen molar-refractivity contribution in [3.63, 3.8) is 0 Å². The Bertz CT molecular complexity index is 1310. The molecular formula is C28H29BrCl2N2O6. The summed E-state index contributed by atoms with van der Waals surface area (Å²) in [6.07, 6.45) is 6.87. The molecule has 0 aromatic heterocycles. The minimum Gasteiger partial charge on any atom is -0.504 e. The zero-order valence-corrected chi connectivity index (χ0v) is 24.5. The predicted molar refractivity (Wildman–Crippen MR) is 147 cm³/mol. The van der Waals surface area contributed by atoms with Crippen molar-refractivity contribution in [2.24, 2.45) is 17.8 Å². The lowest BCUT2D eigenvalue weighted by Gasteiger charge is -2.50. The van der Waals surface area contributed by atoms with Crippen LogP contribution in [0.3, 0.4) is 0 Å². The molecule has 39 heavy (non-hydrogen) atoms. The number of carbonyl (C=O) groups excluding carboxylic acids is 4. The fourth-order valence-corrected chi connectivity index (χ4v) is 9.15. The lowest BCUT2D eigenvalue weighted by molar-refractivity contribution is -0.144. The number of methoxy groups -OCH3 is 1. The molecule has 5 aliphatic rings. The van der Waals surface area contributed by atoms with E-state index in [1.165, 1.54) is 18.1 Å². The zero-order chi connectivity index (χ0) is 27.9. The molecule has 3 aliphatic carbocycles. The fourth-order valence-electron chi connectivity index (χ4n) is 7.72. The standard InChI is InChI=1S/C28H29BrCl2N2O6/c1-39-20-11-14(7-10-19(20)34)22-16-8-9-17-21(24(36)33(23(17)35)15-5-3-2-4-6-15)18(16)12-27(30)25(37)32(13-29)26(38)28(22,27)31/h7-8,10-11,15,17-18,21-22,34H,2-6,9,12-13H2,1H3. The molecule has 0 spiro atoms. The number of imide groups is 2. The second-order valence-corrected chi connectivity index (χ2v) is 13.0. The number of amides is 4. The molecule has 2 aliphatic heterocycles. The van der Waals surface area contributed by atoms with E-state index in [4.69, 9.17) is 27.9 Å². The molecule has 1 N–H and O–H groups in total. The van der Waals surface area contributed by atoms with Crippen molar-refractivity contribution in [2.75, 3.05) is 12.6 Å². The first-order chi connectivity index (χ1) is 18.6. The van der Waals surface area contributed by atoms with Crippen LogP contribution in [-0.2, 0) is 19.2 Å². The quantitative estimate of drug-likeness (QED) is 0.226. The number of likely N-dealkylation sites (tertiary alicyclic amines) is 2. The largest absolute Gasteiger partial charge is 0.504 e. The summed E-state index contributed by atoms with van der Waals surface area (Å²) < 4.78 is 5.33. The molecule has 8 nitrogen and oxygen atoms in total. The Kier molecular flexibility index (Phi) is 6.59. The average Bonchev–Trinajstić information content (AvgIpc) is 3.27. The van der Waals surface area contributed by atoms with Gasteiger partial charge in [-0.15, -0.1) is 23.2 Å². The summed E-state index contributed by atoms with van der Waals surface area (Å²) in [6.45, 7) is 0. The Labute approximate surface area is 244 Å². The summed E-state index contributed by atoms with van der Waals surface area (Å²) in [5.74, 6) is -4.21. The number of benzene rings is 1. The van der Waals surface area contributed by atoms with Crippen LogP contribution in [0.25, 0.3) is 0 Å². The molecule has 1 aromatic rings. The molecule has 6 rings (SSSR count). The van der Waals surface area contributed by atoms with Crippen molar-refractivity contribution >= 4 is 62.8 Å². The Balaban J connectivity index is 1.50. The molecule has 208 valence electrons. The number of allylic oxidation sites excluding steroid dienone is 2. The first-order valence-electron chi connectivity index (χ1n) is 13.3. The van der Waals surface area contributed by atoms with Gasteiger partial charge in [0.1, 0.15) is 0 Å². The third kappa shape index (κ3) is 3.54. The number of hydrogen-bond donors (Lipinski definition) is 1. The maximum atomic E-state index is 14.0. The summed E-state index contributed by atoms with van der Waals surface area (Å²) in [5, 5.41) is 10.3. The van der Waals surface area contributed by atoms with Crippen molar-refractivity contribution in [3.8, 4) is 11.5 Å². The number of alkyl halides is 3. The topological polar surface area (TPSA) is 104 Å². The van der Waals surface area contributed by atoms with Crippen molar-refractivity contribution in [3.05, 3.63) is 35.4 Å². The van der Waals surface area contributed by atoms with Crippen LogP contribution in [-0.4, -0.2) is 66.9 Å².